The lowest BCUT2D eigenvalue weighted by Crippen LogP contribution is -2.26. The van der Waals surface area contributed by atoms with Crippen molar-refractivity contribution < 1.29 is 35.9 Å². The van der Waals surface area contributed by atoms with E-state index in [1.807, 2.05) is 0 Å². The molecule has 0 bridgehead atoms. The van der Waals surface area contributed by atoms with Crippen LogP contribution in [0.1, 0.15) is 18.4 Å². The van der Waals surface area contributed by atoms with Gasteiger partial charge in [-0.3, -0.25) is 4.79 Å². The van der Waals surface area contributed by atoms with Gasteiger partial charge < -0.3 is 14.8 Å². The Labute approximate surface area is 164 Å². The van der Waals surface area contributed by atoms with Gasteiger partial charge in [0.15, 0.2) is 11.5 Å². The maximum Gasteiger partial charge on any atom is 0.416 e. The Hall–Kier alpha value is -2.79. The van der Waals surface area contributed by atoms with E-state index < -0.39 is 26.7 Å². The molecule has 2 aromatic rings. The summed E-state index contributed by atoms with van der Waals surface area (Å²) in [5, 5.41) is 2.65. The molecule has 2 aromatic carbocycles. The summed E-state index contributed by atoms with van der Waals surface area (Å²) in [4.78, 5) is 11.5. The number of amides is 1. The second-order valence-electron chi connectivity index (χ2n) is 6.14. The molecule has 0 saturated heterocycles. The van der Waals surface area contributed by atoms with E-state index in [1.165, 1.54) is 0 Å². The molecule has 0 aromatic heterocycles. The van der Waals surface area contributed by atoms with Gasteiger partial charge in [-0.25, -0.2) is 13.1 Å². The van der Waals surface area contributed by atoms with Gasteiger partial charge in [0.05, 0.1) is 10.5 Å². The highest BCUT2D eigenvalue weighted by molar-refractivity contribution is 7.89. The minimum Gasteiger partial charge on any atom is -0.454 e. The number of ether oxygens (including phenoxy) is 2. The molecule has 0 spiro atoms. The van der Waals surface area contributed by atoms with Crippen LogP contribution in [0.4, 0.5) is 18.9 Å². The summed E-state index contributed by atoms with van der Waals surface area (Å²) >= 11 is 0. The third-order valence-electron chi connectivity index (χ3n) is 4.00. The zero-order valence-electron chi connectivity index (χ0n) is 15.0. The molecule has 1 heterocycles. The number of carbonyl (C=O) groups is 1. The highest BCUT2D eigenvalue weighted by atomic mass is 32.2. The molecule has 7 nitrogen and oxygen atoms in total. The molecule has 3 rings (SSSR count). The molecule has 1 aliphatic heterocycles. The topological polar surface area (TPSA) is 93.7 Å². The molecule has 0 fully saturated rings. The minimum absolute atomic E-state index is 0.0134. The average Bonchev–Trinajstić information content (AvgIpc) is 3.12. The number of hydrogen-bond donors (Lipinski definition) is 2. The summed E-state index contributed by atoms with van der Waals surface area (Å²) in [6, 6.07) is 8.35. The van der Waals surface area contributed by atoms with E-state index in [9.17, 15) is 26.4 Å². The summed E-state index contributed by atoms with van der Waals surface area (Å²) in [5.41, 5.74) is -0.549. The average molecular weight is 430 g/mol. The summed E-state index contributed by atoms with van der Waals surface area (Å²) in [7, 11) is -4.12. The van der Waals surface area contributed by atoms with E-state index >= 15 is 0 Å². The summed E-state index contributed by atoms with van der Waals surface area (Å²) in [6.45, 7) is 0.00585. The van der Waals surface area contributed by atoms with Gasteiger partial charge in [0, 0.05) is 24.7 Å². The van der Waals surface area contributed by atoms with Gasteiger partial charge in [-0.1, -0.05) is 6.07 Å². The van der Waals surface area contributed by atoms with E-state index in [0.29, 0.717) is 23.3 Å². The highest BCUT2D eigenvalue weighted by Gasteiger charge is 2.31. The molecular weight excluding hydrogens is 413 g/mol. The van der Waals surface area contributed by atoms with Crippen molar-refractivity contribution in [2.45, 2.75) is 23.9 Å². The van der Waals surface area contributed by atoms with Crippen molar-refractivity contribution in [3.05, 3.63) is 48.0 Å². The maximum absolute atomic E-state index is 12.7. The summed E-state index contributed by atoms with van der Waals surface area (Å²) < 4.78 is 75.1. The standard InChI is InChI=1S/C18H17F3N2O5S/c19-18(20,21)12-3-1-4-14(9-12)29(25,26)22-8-2-5-17(24)23-13-6-7-15-16(10-13)28-11-27-15/h1,3-4,6-7,9-10,22H,2,5,8,11H2,(H,23,24). The van der Waals surface area contributed by atoms with Crippen molar-refractivity contribution >= 4 is 21.6 Å². The van der Waals surface area contributed by atoms with Crippen LogP contribution in [-0.2, 0) is 21.0 Å². The van der Waals surface area contributed by atoms with Crippen molar-refractivity contribution in [3.8, 4) is 11.5 Å². The van der Waals surface area contributed by atoms with Crippen LogP contribution in [0.2, 0.25) is 0 Å². The Balaban J connectivity index is 1.49. The summed E-state index contributed by atoms with van der Waals surface area (Å²) in [5.74, 6) is 0.741. The summed E-state index contributed by atoms with van der Waals surface area (Å²) in [6.07, 6.45) is -4.47. The lowest BCUT2D eigenvalue weighted by atomic mass is 10.2. The van der Waals surface area contributed by atoms with Crippen LogP contribution in [0.15, 0.2) is 47.4 Å². The molecule has 0 radical (unpaired) electrons. The third-order valence-corrected chi connectivity index (χ3v) is 5.46. The molecule has 11 heteroatoms. The molecule has 156 valence electrons. The van der Waals surface area contributed by atoms with Crippen molar-refractivity contribution in [1.29, 1.82) is 0 Å². The number of anilines is 1. The second kappa shape index (κ2) is 8.29. The normalized spacial score (nSPS) is 13.3. The van der Waals surface area contributed by atoms with E-state index in [0.717, 1.165) is 18.2 Å². The van der Waals surface area contributed by atoms with Crippen molar-refractivity contribution in [2.75, 3.05) is 18.7 Å². The quantitative estimate of drug-likeness (QED) is 0.659. The molecule has 29 heavy (non-hydrogen) atoms. The molecular formula is C18H17F3N2O5S. The van der Waals surface area contributed by atoms with Crippen LogP contribution in [0.3, 0.4) is 0 Å². The first-order valence-corrected chi connectivity index (χ1v) is 10.00. The van der Waals surface area contributed by atoms with Crippen molar-refractivity contribution in [3.63, 3.8) is 0 Å². The molecule has 0 saturated carbocycles. The van der Waals surface area contributed by atoms with Gasteiger partial charge in [0.25, 0.3) is 0 Å². The van der Waals surface area contributed by atoms with Gasteiger partial charge in [0.1, 0.15) is 0 Å². The lowest BCUT2D eigenvalue weighted by Gasteiger charge is -2.10. The molecule has 0 unspecified atom stereocenters. The van der Waals surface area contributed by atoms with Crippen molar-refractivity contribution in [2.24, 2.45) is 0 Å². The number of alkyl halides is 3. The van der Waals surface area contributed by atoms with E-state index in [-0.39, 0.29) is 32.1 Å². The number of fused-ring (bicyclic) bond motifs is 1. The van der Waals surface area contributed by atoms with Crippen LogP contribution in [0.5, 0.6) is 11.5 Å². The van der Waals surface area contributed by atoms with Crippen LogP contribution in [-0.4, -0.2) is 27.7 Å². The monoisotopic (exact) mass is 430 g/mol. The number of benzene rings is 2. The van der Waals surface area contributed by atoms with E-state index in [4.69, 9.17) is 9.47 Å². The number of hydrogen-bond acceptors (Lipinski definition) is 5. The Morgan fingerprint density at radius 1 is 1.07 bits per heavy atom. The van der Waals surface area contributed by atoms with E-state index in [2.05, 4.69) is 10.0 Å². The second-order valence-corrected chi connectivity index (χ2v) is 7.91. The van der Waals surface area contributed by atoms with Gasteiger partial charge >= 0.3 is 6.18 Å². The Kier molecular flexibility index (Phi) is 5.99. The predicted octanol–water partition coefficient (Wildman–Crippen LogP) is 3.13. The number of halogens is 3. The zero-order valence-corrected chi connectivity index (χ0v) is 15.8. The highest BCUT2D eigenvalue weighted by Crippen LogP contribution is 2.34. The first-order valence-electron chi connectivity index (χ1n) is 8.51. The Morgan fingerprint density at radius 2 is 1.83 bits per heavy atom. The molecule has 1 amide bonds. The fraction of sp³-hybridized carbons (Fsp3) is 0.278. The van der Waals surface area contributed by atoms with Crippen molar-refractivity contribution in [1.82, 2.24) is 4.72 Å². The number of nitrogens with one attached hydrogen (secondary N) is 2. The molecule has 0 aliphatic carbocycles. The maximum atomic E-state index is 12.7. The van der Waals surface area contributed by atoms with Crippen LogP contribution >= 0.6 is 0 Å². The largest absolute Gasteiger partial charge is 0.454 e. The molecule has 0 atom stereocenters. The lowest BCUT2D eigenvalue weighted by molar-refractivity contribution is -0.137. The van der Waals surface area contributed by atoms with Gasteiger partial charge in [-0.05, 0) is 36.8 Å². The minimum atomic E-state index is -4.64. The van der Waals surface area contributed by atoms with Gasteiger partial charge in [-0.15, -0.1) is 0 Å². The smallest absolute Gasteiger partial charge is 0.416 e. The molecule has 1 aliphatic rings. The Bertz CT molecular complexity index is 1010. The number of rotatable bonds is 7. The number of sulfonamides is 1. The fourth-order valence-corrected chi connectivity index (χ4v) is 3.70. The SMILES string of the molecule is O=C(CCCNS(=O)(=O)c1cccc(C(F)(F)F)c1)Nc1ccc2c(c1)OCO2. The third kappa shape index (κ3) is 5.39. The zero-order chi connectivity index (χ0) is 21.1. The first kappa shape index (κ1) is 20.9. The number of carbonyl (C=O) groups excluding carboxylic acids is 1. The van der Waals surface area contributed by atoms with Crippen LogP contribution in [0.25, 0.3) is 0 Å². The Morgan fingerprint density at radius 3 is 2.59 bits per heavy atom. The fourth-order valence-electron chi connectivity index (χ4n) is 2.58. The van der Waals surface area contributed by atoms with Crippen LogP contribution < -0.4 is 19.5 Å². The van der Waals surface area contributed by atoms with Gasteiger partial charge in [0.2, 0.25) is 22.7 Å². The first-order chi connectivity index (χ1) is 13.6. The van der Waals surface area contributed by atoms with Gasteiger partial charge in [-0.2, -0.15) is 13.2 Å². The molecule has 2 N–H and O–H groups in total. The van der Waals surface area contributed by atoms with Crippen LogP contribution in [0, 0.1) is 0 Å². The van der Waals surface area contributed by atoms with E-state index in [1.54, 1.807) is 18.2 Å². The predicted molar refractivity (Wildman–Crippen MR) is 97.1 cm³/mol.